The molecule has 0 amide bonds. The van der Waals surface area contributed by atoms with Gasteiger partial charge in [0.05, 0.1) is 5.69 Å². The zero-order valence-corrected chi connectivity index (χ0v) is 12.3. The van der Waals surface area contributed by atoms with Crippen molar-refractivity contribution in [2.75, 3.05) is 58.0 Å². The summed E-state index contributed by atoms with van der Waals surface area (Å²) < 4.78 is 0. The molecule has 6 heteroatoms. The maximum absolute atomic E-state index is 4.64. The van der Waals surface area contributed by atoms with Crippen LogP contribution in [0.2, 0.25) is 0 Å². The van der Waals surface area contributed by atoms with E-state index >= 15 is 0 Å². The molecule has 0 fully saturated rings. The average Bonchev–Trinajstić information content (AvgIpc) is 2.38. The molecule has 6 nitrogen and oxygen atoms in total. The van der Waals surface area contributed by atoms with Gasteiger partial charge >= 0.3 is 0 Å². The second kappa shape index (κ2) is 6.16. The van der Waals surface area contributed by atoms with Gasteiger partial charge in [0.1, 0.15) is 5.82 Å². The van der Waals surface area contributed by atoms with E-state index in [9.17, 15) is 0 Å². The number of rotatable bonds is 5. The van der Waals surface area contributed by atoms with E-state index in [1.165, 1.54) is 11.3 Å². The minimum Gasteiger partial charge on any atom is -0.368 e. The molecule has 0 saturated carbocycles. The fraction of sp³-hybridized carbons (Fsp3) is 0.692. The standard InChI is InChI=1S/C13H24N6/c1-18(2)8-7-15-12-10-9-14-6-5-11(10)16-13(17-12)19(3)4/h14H,5-9H2,1-4H3,(H,15,16,17). The largest absolute Gasteiger partial charge is 0.368 e. The Kier molecular flexibility index (Phi) is 4.55. The number of nitrogens with one attached hydrogen (secondary N) is 2. The summed E-state index contributed by atoms with van der Waals surface area (Å²) in [4.78, 5) is 13.4. The number of hydrogen-bond acceptors (Lipinski definition) is 6. The molecule has 0 atom stereocenters. The Balaban J connectivity index is 2.21. The monoisotopic (exact) mass is 264 g/mol. The zero-order valence-electron chi connectivity index (χ0n) is 12.3. The Morgan fingerprint density at radius 1 is 1.21 bits per heavy atom. The maximum atomic E-state index is 4.64. The smallest absolute Gasteiger partial charge is 0.227 e. The van der Waals surface area contributed by atoms with E-state index in [1.54, 1.807) is 0 Å². The quantitative estimate of drug-likeness (QED) is 0.790. The lowest BCUT2D eigenvalue weighted by Gasteiger charge is -2.22. The topological polar surface area (TPSA) is 56.3 Å². The van der Waals surface area contributed by atoms with E-state index in [4.69, 9.17) is 0 Å². The lowest BCUT2D eigenvalue weighted by molar-refractivity contribution is 0.425. The van der Waals surface area contributed by atoms with Crippen molar-refractivity contribution in [1.29, 1.82) is 0 Å². The highest BCUT2D eigenvalue weighted by Crippen LogP contribution is 2.22. The fourth-order valence-electron chi connectivity index (χ4n) is 2.07. The van der Waals surface area contributed by atoms with Gasteiger partial charge in [0, 0.05) is 52.3 Å². The molecular weight excluding hydrogens is 240 g/mol. The van der Waals surface area contributed by atoms with Gasteiger partial charge in [-0.15, -0.1) is 0 Å². The Morgan fingerprint density at radius 3 is 2.68 bits per heavy atom. The Morgan fingerprint density at radius 2 is 2.00 bits per heavy atom. The van der Waals surface area contributed by atoms with Gasteiger partial charge in [0.25, 0.3) is 0 Å². The van der Waals surface area contributed by atoms with E-state index < -0.39 is 0 Å². The Hall–Kier alpha value is -1.40. The first kappa shape index (κ1) is 14.0. The van der Waals surface area contributed by atoms with Crippen LogP contribution in [0.15, 0.2) is 0 Å². The summed E-state index contributed by atoms with van der Waals surface area (Å²) in [6.45, 7) is 3.73. The minimum atomic E-state index is 0.785. The summed E-state index contributed by atoms with van der Waals surface area (Å²) in [5, 5.41) is 6.83. The number of nitrogens with zero attached hydrogens (tertiary/aromatic N) is 4. The molecule has 106 valence electrons. The van der Waals surface area contributed by atoms with Gasteiger partial charge in [-0.05, 0) is 14.1 Å². The van der Waals surface area contributed by atoms with Crippen molar-refractivity contribution in [3.63, 3.8) is 0 Å². The van der Waals surface area contributed by atoms with E-state index in [-0.39, 0.29) is 0 Å². The summed E-state index contributed by atoms with van der Waals surface area (Å²) in [6, 6.07) is 0. The molecule has 0 radical (unpaired) electrons. The van der Waals surface area contributed by atoms with Crippen molar-refractivity contribution >= 4 is 11.8 Å². The van der Waals surface area contributed by atoms with Crippen molar-refractivity contribution in [3.8, 4) is 0 Å². The molecule has 1 aromatic heterocycles. The molecule has 1 aromatic rings. The third-order valence-electron chi connectivity index (χ3n) is 3.17. The van der Waals surface area contributed by atoms with Gasteiger partial charge in [0.2, 0.25) is 5.95 Å². The Bertz CT molecular complexity index is 429. The molecule has 1 aliphatic heterocycles. The van der Waals surface area contributed by atoms with Gasteiger partial charge in [0.15, 0.2) is 0 Å². The van der Waals surface area contributed by atoms with E-state index in [2.05, 4.69) is 39.6 Å². The molecule has 0 saturated heterocycles. The predicted octanol–water partition coefficient (Wildman–Crippen LogP) is 0.162. The van der Waals surface area contributed by atoms with Crippen LogP contribution in [-0.2, 0) is 13.0 Å². The highest BCUT2D eigenvalue weighted by molar-refractivity contribution is 5.52. The summed E-state index contributed by atoms with van der Waals surface area (Å²) in [6.07, 6.45) is 0.973. The number of likely N-dealkylation sites (N-methyl/N-ethyl adjacent to an activating group) is 1. The zero-order chi connectivity index (χ0) is 13.8. The molecule has 2 N–H and O–H groups in total. The van der Waals surface area contributed by atoms with Crippen LogP contribution in [0.3, 0.4) is 0 Å². The average molecular weight is 264 g/mol. The molecule has 0 unspecified atom stereocenters. The molecular formula is C13H24N6. The normalized spacial score (nSPS) is 14.4. The lowest BCUT2D eigenvalue weighted by atomic mass is 10.1. The molecule has 0 bridgehead atoms. The van der Waals surface area contributed by atoms with Crippen LogP contribution in [0.25, 0.3) is 0 Å². The molecule has 0 aromatic carbocycles. The molecule has 0 aliphatic carbocycles. The molecule has 2 rings (SSSR count). The van der Waals surface area contributed by atoms with Crippen molar-refractivity contribution in [2.24, 2.45) is 0 Å². The summed E-state index contributed by atoms with van der Waals surface area (Å²) >= 11 is 0. The second-order valence-electron chi connectivity index (χ2n) is 5.35. The van der Waals surface area contributed by atoms with Gasteiger partial charge in [-0.3, -0.25) is 0 Å². The Labute approximate surface area is 115 Å². The third-order valence-corrected chi connectivity index (χ3v) is 3.17. The molecule has 1 aliphatic rings. The minimum absolute atomic E-state index is 0.785. The SMILES string of the molecule is CN(C)CCNc1nc(N(C)C)nc2c1CNCC2. The molecule has 2 heterocycles. The van der Waals surface area contributed by atoms with Crippen LogP contribution in [0.4, 0.5) is 11.8 Å². The van der Waals surface area contributed by atoms with Crippen LogP contribution in [0, 0.1) is 0 Å². The van der Waals surface area contributed by atoms with Gasteiger partial charge in [-0.25, -0.2) is 4.98 Å². The third kappa shape index (κ3) is 3.54. The van der Waals surface area contributed by atoms with Crippen LogP contribution >= 0.6 is 0 Å². The first-order valence-electron chi connectivity index (χ1n) is 6.74. The van der Waals surface area contributed by atoms with E-state index in [1.807, 2.05) is 19.0 Å². The fourth-order valence-corrected chi connectivity index (χ4v) is 2.07. The van der Waals surface area contributed by atoms with E-state index in [0.717, 1.165) is 44.4 Å². The first-order valence-corrected chi connectivity index (χ1v) is 6.74. The van der Waals surface area contributed by atoms with Crippen LogP contribution < -0.4 is 15.5 Å². The predicted molar refractivity (Wildman–Crippen MR) is 78.8 cm³/mol. The summed E-state index contributed by atoms with van der Waals surface area (Å²) in [5.74, 6) is 1.76. The first-order chi connectivity index (χ1) is 9.08. The highest BCUT2D eigenvalue weighted by Gasteiger charge is 2.17. The van der Waals surface area contributed by atoms with Crippen LogP contribution in [0.1, 0.15) is 11.3 Å². The number of aromatic nitrogens is 2. The molecule has 19 heavy (non-hydrogen) atoms. The number of fused-ring (bicyclic) bond motifs is 1. The maximum Gasteiger partial charge on any atom is 0.227 e. The number of anilines is 2. The van der Waals surface area contributed by atoms with Crippen molar-refractivity contribution in [1.82, 2.24) is 20.2 Å². The molecule has 0 spiro atoms. The second-order valence-corrected chi connectivity index (χ2v) is 5.35. The summed E-state index contributed by atoms with van der Waals surface area (Å²) in [7, 11) is 8.10. The lowest BCUT2D eigenvalue weighted by Crippen LogP contribution is -2.29. The van der Waals surface area contributed by atoms with Gasteiger partial charge in [-0.1, -0.05) is 0 Å². The van der Waals surface area contributed by atoms with Crippen molar-refractivity contribution in [2.45, 2.75) is 13.0 Å². The highest BCUT2D eigenvalue weighted by atomic mass is 15.2. The van der Waals surface area contributed by atoms with Gasteiger partial charge in [-0.2, -0.15) is 4.98 Å². The van der Waals surface area contributed by atoms with Crippen molar-refractivity contribution < 1.29 is 0 Å². The van der Waals surface area contributed by atoms with Gasteiger partial charge < -0.3 is 20.4 Å². The van der Waals surface area contributed by atoms with Crippen LogP contribution in [-0.4, -0.2) is 62.7 Å². The van der Waals surface area contributed by atoms with Crippen molar-refractivity contribution in [3.05, 3.63) is 11.3 Å². The number of hydrogen-bond donors (Lipinski definition) is 2. The summed E-state index contributed by atoms with van der Waals surface area (Å²) in [5.41, 5.74) is 2.39. The van der Waals surface area contributed by atoms with E-state index in [0.29, 0.717) is 0 Å². The van der Waals surface area contributed by atoms with Crippen LogP contribution in [0.5, 0.6) is 0 Å².